The van der Waals surface area contributed by atoms with Crippen molar-refractivity contribution >= 4 is 37.5 Å². The number of methoxy groups -OCH3 is 1. The van der Waals surface area contributed by atoms with Gasteiger partial charge in [0.25, 0.3) is 5.56 Å². The van der Waals surface area contributed by atoms with Crippen LogP contribution in [-0.4, -0.2) is 33.5 Å². The van der Waals surface area contributed by atoms with Crippen LogP contribution in [0, 0.1) is 5.82 Å². The van der Waals surface area contributed by atoms with Gasteiger partial charge in [-0.3, -0.25) is 9.36 Å². The first-order valence-electron chi connectivity index (χ1n) is 9.92. The smallest absolute Gasteiger partial charge is 0.416 e. The summed E-state index contributed by atoms with van der Waals surface area (Å²) >= 11 is 4.35. The molecule has 0 amide bonds. The summed E-state index contributed by atoms with van der Waals surface area (Å²) in [6, 6.07) is 5.26. The number of rotatable bonds is 6. The quantitative estimate of drug-likeness (QED) is 0.354. The summed E-state index contributed by atoms with van der Waals surface area (Å²) in [6.45, 7) is -0.553. The minimum atomic E-state index is -4.86. The topological polar surface area (TPSA) is 91.0 Å². The highest BCUT2D eigenvalue weighted by molar-refractivity contribution is 9.11. The van der Waals surface area contributed by atoms with Crippen molar-refractivity contribution in [3.8, 4) is 11.7 Å². The van der Waals surface area contributed by atoms with Crippen molar-refractivity contribution in [1.82, 2.24) is 24.6 Å². The van der Waals surface area contributed by atoms with E-state index in [9.17, 15) is 27.2 Å². The Morgan fingerprint density at radius 1 is 1.14 bits per heavy atom. The van der Waals surface area contributed by atoms with Gasteiger partial charge in [-0.15, -0.1) is 21.5 Å². The first-order chi connectivity index (χ1) is 16.6. The van der Waals surface area contributed by atoms with E-state index in [4.69, 9.17) is 4.74 Å². The van der Waals surface area contributed by atoms with Crippen molar-refractivity contribution in [2.75, 3.05) is 14.2 Å². The first kappa shape index (κ1) is 25.0. The maximum absolute atomic E-state index is 14.7. The number of alkyl halides is 3. The van der Waals surface area contributed by atoms with Crippen LogP contribution in [-0.2, 0) is 19.3 Å². The summed E-state index contributed by atoms with van der Waals surface area (Å²) in [5, 5.41) is 10.6. The fourth-order valence-corrected chi connectivity index (χ4v) is 5.43. The van der Waals surface area contributed by atoms with E-state index in [2.05, 4.69) is 31.4 Å². The maximum Gasteiger partial charge on any atom is 0.416 e. The third-order valence-corrected chi connectivity index (χ3v) is 7.19. The van der Waals surface area contributed by atoms with E-state index in [0.717, 1.165) is 34.1 Å². The molecule has 8 nitrogen and oxygen atoms in total. The zero-order chi connectivity index (χ0) is 25.5. The second-order valence-corrected chi connectivity index (χ2v) is 9.59. The van der Waals surface area contributed by atoms with Gasteiger partial charge in [-0.1, -0.05) is 6.07 Å². The van der Waals surface area contributed by atoms with E-state index in [-0.39, 0.29) is 28.5 Å². The molecule has 0 atom stereocenters. The number of hydrogen-bond donors (Lipinski definition) is 1. The SMILES string of the molecule is CNCc1c(Br)sc2c1c(=O)n(-c1ccc(OC)nn1)c(=O)n2Cc1c(F)cccc1C(F)(F)F. The summed E-state index contributed by atoms with van der Waals surface area (Å²) in [5.41, 5.74) is -3.19. The third kappa shape index (κ3) is 4.48. The Kier molecular flexibility index (Phi) is 6.79. The lowest BCUT2D eigenvalue weighted by Crippen LogP contribution is -2.40. The van der Waals surface area contributed by atoms with Gasteiger partial charge < -0.3 is 10.1 Å². The van der Waals surface area contributed by atoms with Crippen LogP contribution in [0.15, 0.2) is 43.7 Å². The van der Waals surface area contributed by atoms with Crippen LogP contribution in [0.2, 0.25) is 0 Å². The Hall–Kier alpha value is -3.10. The van der Waals surface area contributed by atoms with Gasteiger partial charge in [0.15, 0.2) is 5.82 Å². The largest absolute Gasteiger partial charge is 0.480 e. The molecule has 0 radical (unpaired) electrons. The minimum Gasteiger partial charge on any atom is -0.480 e. The van der Waals surface area contributed by atoms with E-state index in [1.54, 1.807) is 7.05 Å². The molecule has 0 spiro atoms. The minimum absolute atomic E-state index is 0.0818. The lowest BCUT2D eigenvalue weighted by molar-refractivity contribution is -0.138. The molecule has 0 aliphatic carbocycles. The Morgan fingerprint density at radius 3 is 2.49 bits per heavy atom. The van der Waals surface area contributed by atoms with Gasteiger partial charge in [-0.25, -0.2) is 13.8 Å². The molecule has 4 rings (SSSR count). The number of halogens is 5. The van der Waals surface area contributed by atoms with Crippen LogP contribution < -0.4 is 21.3 Å². The average Bonchev–Trinajstić information content (AvgIpc) is 3.13. The molecule has 0 aliphatic heterocycles. The lowest BCUT2D eigenvalue weighted by Gasteiger charge is -2.16. The zero-order valence-corrected chi connectivity index (χ0v) is 20.5. The fourth-order valence-electron chi connectivity index (χ4n) is 3.60. The second kappa shape index (κ2) is 9.51. The van der Waals surface area contributed by atoms with Crippen LogP contribution in [0.4, 0.5) is 17.6 Å². The van der Waals surface area contributed by atoms with Crippen LogP contribution in [0.5, 0.6) is 5.88 Å². The molecule has 35 heavy (non-hydrogen) atoms. The van der Waals surface area contributed by atoms with Crippen molar-refractivity contribution in [3.63, 3.8) is 0 Å². The average molecular weight is 574 g/mol. The Bertz CT molecular complexity index is 1530. The number of fused-ring (bicyclic) bond motifs is 1. The van der Waals surface area contributed by atoms with Crippen molar-refractivity contribution in [2.45, 2.75) is 19.3 Å². The normalized spacial score (nSPS) is 11.9. The van der Waals surface area contributed by atoms with Crippen LogP contribution in [0.25, 0.3) is 16.0 Å². The number of hydrogen-bond acceptors (Lipinski definition) is 7. The summed E-state index contributed by atoms with van der Waals surface area (Å²) in [4.78, 5) is 27.1. The molecule has 3 heterocycles. The number of nitrogens with zero attached hydrogens (tertiary/aromatic N) is 4. The second-order valence-electron chi connectivity index (χ2n) is 7.27. The van der Waals surface area contributed by atoms with E-state index >= 15 is 0 Å². The first-order valence-corrected chi connectivity index (χ1v) is 11.5. The van der Waals surface area contributed by atoms with Gasteiger partial charge in [0.05, 0.1) is 28.4 Å². The Labute approximate surface area is 206 Å². The summed E-state index contributed by atoms with van der Waals surface area (Å²) in [7, 11) is 3.00. The monoisotopic (exact) mass is 573 g/mol. The summed E-state index contributed by atoms with van der Waals surface area (Å²) in [6.07, 6.45) is -4.86. The van der Waals surface area contributed by atoms with E-state index in [0.29, 0.717) is 13.9 Å². The van der Waals surface area contributed by atoms with Gasteiger partial charge in [-0.2, -0.15) is 13.2 Å². The highest BCUT2D eigenvalue weighted by Crippen LogP contribution is 2.36. The van der Waals surface area contributed by atoms with Crippen LogP contribution >= 0.6 is 27.3 Å². The highest BCUT2D eigenvalue weighted by Gasteiger charge is 2.35. The van der Waals surface area contributed by atoms with Crippen molar-refractivity contribution in [3.05, 3.63) is 77.5 Å². The number of ether oxygens (including phenoxy) is 1. The molecule has 184 valence electrons. The van der Waals surface area contributed by atoms with Gasteiger partial charge in [-0.05, 0) is 41.2 Å². The molecule has 0 fully saturated rings. The molecule has 14 heteroatoms. The highest BCUT2D eigenvalue weighted by atomic mass is 79.9. The molecule has 0 aliphatic rings. The van der Waals surface area contributed by atoms with Gasteiger partial charge >= 0.3 is 11.9 Å². The van der Waals surface area contributed by atoms with E-state index in [1.165, 1.54) is 19.2 Å². The van der Waals surface area contributed by atoms with Crippen LogP contribution in [0.3, 0.4) is 0 Å². The molecular formula is C21H16BrF4N5O3S. The number of nitrogens with one attached hydrogen (secondary N) is 1. The van der Waals surface area contributed by atoms with E-state index < -0.39 is 40.9 Å². The molecule has 0 bridgehead atoms. The molecule has 3 aromatic heterocycles. The zero-order valence-electron chi connectivity index (χ0n) is 18.1. The standard InChI is InChI=1S/C21H16BrF4N5O3S/c1-27-8-10-16-18(32)31(14-6-7-15(34-2)29-28-14)20(33)30(19(16)35-17(10)22)9-11-12(21(24,25)26)4-3-5-13(11)23/h3-7,27H,8-9H2,1-2H3. The Balaban J connectivity index is 2.07. The molecule has 0 saturated carbocycles. The van der Waals surface area contributed by atoms with Gasteiger partial charge in [0.2, 0.25) is 5.88 Å². The summed E-state index contributed by atoms with van der Waals surface area (Å²) in [5.74, 6) is -1.18. The van der Waals surface area contributed by atoms with Crippen molar-refractivity contribution < 1.29 is 22.3 Å². The maximum atomic E-state index is 14.7. The van der Waals surface area contributed by atoms with Crippen molar-refractivity contribution in [1.29, 1.82) is 0 Å². The molecule has 1 N–H and O–H groups in total. The predicted octanol–water partition coefficient (Wildman–Crippen LogP) is 3.70. The molecule has 4 aromatic rings. The molecule has 0 unspecified atom stereocenters. The van der Waals surface area contributed by atoms with E-state index in [1.807, 2.05) is 0 Å². The lowest BCUT2D eigenvalue weighted by atomic mass is 10.1. The molecule has 0 saturated heterocycles. The predicted molar refractivity (Wildman–Crippen MR) is 125 cm³/mol. The van der Waals surface area contributed by atoms with Gasteiger partial charge in [0.1, 0.15) is 10.6 Å². The number of benzene rings is 1. The van der Waals surface area contributed by atoms with Crippen molar-refractivity contribution in [2.24, 2.45) is 0 Å². The molecular weight excluding hydrogens is 558 g/mol. The molecule has 1 aromatic carbocycles. The Morgan fingerprint density at radius 2 is 1.89 bits per heavy atom. The van der Waals surface area contributed by atoms with Gasteiger partial charge in [0, 0.05) is 23.7 Å². The fraction of sp³-hybridized carbons (Fsp3) is 0.238. The third-order valence-electron chi connectivity index (χ3n) is 5.18. The number of aromatic nitrogens is 4. The van der Waals surface area contributed by atoms with Crippen LogP contribution in [0.1, 0.15) is 16.7 Å². The summed E-state index contributed by atoms with van der Waals surface area (Å²) < 4.78 is 62.6. The number of thiophene rings is 1.